The highest BCUT2D eigenvalue weighted by atomic mass is 35.5. The third kappa shape index (κ3) is 8.51. The molecule has 0 bridgehead atoms. The number of aromatic nitrogens is 2. The number of carbonyl (C=O) groups excluding carboxylic acids is 1. The van der Waals surface area contributed by atoms with E-state index in [1.54, 1.807) is 30.3 Å². The summed E-state index contributed by atoms with van der Waals surface area (Å²) in [5.74, 6) is 0.143. The van der Waals surface area contributed by atoms with Gasteiger partial charge in [0.2, 0.25) is 0 Å². The number of imidazole rings is 1. The van der Waals surface area contributed by atoms with Gasteiger partial charge in [-0.15, -0.1) is 0 Å². The van der Waals surface area contributed by atoms with Crippen molar-refractivity contribution in [1.82, 2.24) is 14.3 Å². The highest BCUT2D eigenvalue weighted by molar-refractivity contribution is 7.92. The maximum absolute atomic E-state index is 12.6. The zero-order valence-electron chi connectivity index (χ0n) is 29.8. The predicted octanol–water partition coefficient (Wildman–Crippen LogP) is 10.3. The van der Waals surface area contributed by atoms with Gasteiger partial charge in [-0.1, -0.05) is 123 Å². The Labute approximate surface area is 321 Å². The van der Waals surface area contributed by atoms with Crippen LogP contribution in [0.25, 0.3) is 39.2 Å². The third-order valence-electron chi connectivity index (χ3n) is 9.42. The molecule has 6 aromatic rings. The van der Waals surface area contributed by atoms with Gasteiger partial charge >= 0.3 is 10.2 Å². The van der Waals surface area contributed by atoms with E-state index in [9.17, 15) is 13.2 Å². The first kappa shape index (κ1) is 36.5. The molecule has 1 amide bonds. The van der Waals surface area contributed by atoms with E-state index in [4.69, 9.17) is 28.2 Å². The fourth-order valence-electron chi connectivity index (χ4n) is 6.61. The number of benzene rings is 5. The highest BCUT2D eigenvalue weighted by Crippen LogP contribution is 2.33. The molecule has 1 aliphatic rings. The summed E-state index contributed by atoms with van der Waals surface area (Å²) in [6.07, 6.45) is 5.88. The number of hydrogen-bond acceptors (Lipinski definition) is 4. The maximum Gasteiger partial charge on any atom is 0.326 e. The van der Waals surface area contributed by atoms with Crippen molar-refractivity contribution in [3.63, 3.8) is 0 Å². The number of carbonyl (C=O) groups is 1. The van der Waals surface area contributed by atoms with Crippen LogP contribution in [0.4, 0.5) is 5.69 Å². The quantitative estimate of drug-likeness (QED) is 0.151. The van der Waals surface area contributed by atoms with Gasteiger partial charge in [-0.25, -0.2) is 14.0 Å². The van der Waals surface area contributed by atoms with E-state index in [0.29, 0.717) is 38.9 Å². The molecule has 7 rings (SSSR count). The molecular weight excluding hydrogens is 723 g/mol. The normalized spacial score (nSPS) is 14.1. The van der Waals surface area contributed by atoms with Crippen LogP contribution in [0, 0.1) is 5.41 Å². The standard InChI is InChI=1S/C43H40Cl2N4O3S/c1-43(2,3)23-5-6-29-9-13-31(14-10-29)33-17-19-34(20-18-33)32-15-11-30(12-16-32)24-41-46-40(38-22-21-35(44)25-39(38)45)27-48(41)36-7-4-8-37(26-36)49-28-42(50)47-53(49,51)52/h4,7-22,25-27H,5-6,23-24,28H2,1-3H3,(H,47,50). The van der Waals surface area contributed by atoms with E-state index in [2.05, 4.69) is 93.6 Å². The molecule has 1 aliphatic heterocycles. The van der Waals surface area contributed by atoms with Crippen molar-refractivity contribution in [1.29, 1.82) is 0 Å². The summed E-state index contributed by atoms with van der Waals surface area (Å²) in [4.78, 5) is 16.9. The molecule has 0 radical (unpaired) electrons. The van der Waals surface area contributed by atoms with E-state index in [1.165, 1.54) is 29.5 Å². The van der Waals surface area contributed by atoms with E-state index >= 15 is 0 Å². The van der Waals surface area contributed by atoms with Gasteiger partial charge in [0.05, 0.1) is 16.4 Å². The van der Waals surface area contributed by atoms with Crippen LogP contribution in [0.5, 0.6) is 0 Å². The second-order valence-corrected chi connectivity index (χ2v) is 17.1. The zero-order chi connectivity index (χ0) is 37.3. The van der Waals surface area contributed by atoms with Gasteiger partial charge in [-0.05, 0) is 94.5 Å². The first-order valence-corrected chi connectivity index (χ1v) is 19.8. The van der Waals surface area contributed by atoms with E-state index in [1.807, 2.05) is 27.6 Å². The van der Waals surface area contributed by atoms with E-state index < -0.39 is 16.1 Å². The van der Waals surface area contributed by atoms with Gasteiger partial charge < -0.3 is 4.57 Å². The molecule has 1 N–H and O–H groups in total. The summed E-state index contributed by atoms with van der Waals surface area (Å²) in [5, 5.41) is 0.987. The lowest BCUT2D eigenvalue weighted by molar-refractivity contribution is -0.117. The first-order chi connectivity index (χ1) is 25.3. The summed E-state index contributed by atoms with van der Waals surface area (Å²) in [5.41, 5.74) is 9.82. The Kier molecular flexibility index (Phi) is 10.2. The summed E-state index contributed by atoms with van der Waals surface area (Å²) in [7, 11) is -3.97. The predicted molar refractivity (Wildman–Crippen MR) is 216 cm³/mol. The van der Waals surface area contributed by atoms with Crippen LogP contribution >= 0.6 is 23.2 Å². The minimum Gasteiger partial charge on any atom is -0.303 e. The number of rotatable bonds is 10. The summed E-state index contributed by atoms with van der Waals surface area (Å²) >= 11 is 12.8. The lowest BCUT2D eigenvalue weighted by Crippen LogP contribution is -2.29. The van der Waals surface area contributed by atoms with Gasteiger partial charge in [0, 0.05) is 28.9 Å². The van der Waals surface area contributed by atoms with Crippen LogP contribution in [0.15, 0.2) is 121 Å². The molecule has 1 aromatic heterocycles. The van der Waals surface area contributed by atoms with Crippen molar-refractivity contribution < 1.29 is 13.2 Å². The Morgan fingerprint density at radius 3 is 1.91 bits per heavy atom. The van der Waals surface area contributed by atoms with Gasteiger partial charge in [0.25, 0.3) is 5.91 Å². The number of amides is 1. The Morgan fingerprint density at radius 1 is 0.755 bits per heavy atom. The molecule has 0 spiro atoms. The van der Waals surface area contributed by atoms with Gasteiger partial charge in [-0.3, -0.25) is 4.79 Å². The fourth-order valence-corrected chi connectivity index (χ4v) is 8.25. The summed E-state index contributed by atoms with van der Waals surface area (Å²) < 4.78 is 30.2. The van der Waals surface area contributed by atoms with Crippen molar-refractivity contribution in [2.24, 2.45) is 5.41 Å². The van der Waals surface area contributed by atoms with Crippen molar-refractivity contribution in [3.8, 4) is 39.2 Å². The Hall–Kier alpha value is -4.89. The summed E-state index contributed by atoms with van der Waals surface area (Å²) in [6, 6.07) is 38.3. The first-order valence-electron chi connectivity index (χ1n) is 17.6. The molecule has 0 unspecified atom stereocenters. The van der Waals surface area contributed by atoms with E-state index in [0.717, 1.165) is 38.8 Å². The average molecular weight is 764 g/mol. The minimum absolute atomic E-state index is 0.283. The van der Waals surface area contributed by atoms with Crippen molar-refractivity contribution in [2.75, 3.05) is 10.8 Å². The molecule has 10 heteroatoms. The van der Waals surface area contributed by atoms with Crippen LogP contribution < -0.4 is 9.03 Å². The number of nitrogens with one attached hydrogen (secondary N) is 1. The number of halogens is 2. The third-order valence-corrected chi connectivity index (χ3v) is 11.4. The second kappa shape index (κ2) is 14.9. The molecular formula is C43H40Cl2N4O3S. The van der Waals surface area contributed by atoms with Gasteiger partial charge in [0.15, 0.2) is 0 Å². The Balaban J connectivity index is 1.12. The summed E-state index contributed by atoms with van der Waals surface area (Å²) in [6.45, 7) is 6.60. The molecule has 7 nitrogen and oxygen atoms in total. The fraction of sp³-hybridized carbons (Fsp3) is 0.209. The number of aryl methyl sites for hydroxylation is 1. The SMILES string of the molecule is CC(C)(C)CCCc1ccc(-c2ccc(-c3ccc(Cc4nc(-c5ccc(Cl)cc5Cl)cn4-c4cccc(N5CC(=O)NS5(=O)=O)c4)cc3)cc2)cc1. The van der Waals surface area contributed by atoms with Crippen molar-refractivity contribution in [3.05, 3.63) is 148 Å². The van der Waals surface area contributed by atoms with Gasteiger partial charge in [-0.2, -0.15) is 8.42 Å². The molecule has 0 atom stereocenters. The molecule has 0 aliphatic carbocycles. The Morgan fingerprint density at radius 2 is 1.34 bits per heavy atom. The monoisotopic (exact) mass is 762 g/mol. The van der Waals surface area contributed by atoms with Crippen LogP contribution in [-0.4, -0.2) is 30.4 Å². The topological polar surface area (TPSA) is 84.3 Å². The molecule has 1 saturated heterocycles. The van der Waals surface area contributed by atoms with Crippen molar-refractivity contribution >= 4 is 45.0 Å². The molecule has 270 valence electrons. The van der Waals surface area contributed by atoms with E-state index in [-0.39, 0.29) is 6.54 Å². The van der Waals surface area contributed by atoms with Gasteiger partial charge in [0.1, 0.15) is 12.4 Å². The second-order valence-electron chi connectivity index (χ2n) is 14.7. The molecule has 2 heterocycles. The molecule has 0 saturated carbocycles. The largest absolute Gasteiger partial charge is 0.326 e. The molecule has 1 fully saturated rings. The lowest BCUT2D eigenvalue weighted by Gasteiger charge is -2.17. The Bertz CT molecular complexity index is 2380. The van der Waals surface area contributed by atoms with Crippen LogP contribution in [0.2, 0.25) is 10.0 Å². The average Bonchev–Trinajstić information content (AvgIpc) is 3.66. The minimum atomic E-state index is -3.97. The number of hydrogen-bond donors (Lipinski definition) is 1. The van der Waals surface area contributed by atoms with Crippen LogP contribution in [0.1, 0.15) is 50.6 Å². The number of nitrogens with zero attached hydrogens (tertiary/aromatic N) is 3. The lowest BCUT2D eigenvalue weighted by atomic mass is 9.89. The van der Waals surface area contributed by atoms with Crippen LogP contribution in [-0.2, 0) is 27.8 Å². The maximum atomic E-state index is 12.6. The van der Waals surface area contributed by atoms with Crippen LogP contribution in [0.3, 0.4) is 0 Å². The van der Waals surface area contributed by atoms with Crippen molar-refractivity contribution in [2.45, 2.75) is 46.5 Å². The number of anilines is 1. The smallest absolute Gasteiger partial charge is 0.303 e. The molecule has 53 heavy (non-hydrogen) atoms. The molecule has 5 aromatic carbocycles. The zero-order valence-corrected chi connectivity index (χ0v) is 32.1. The highest BCUT2D eigenvalue weighted by Gasteiger charge is 2.34.